The van der Waals surface area contributed by atoms with Gasteiger partial charge in [-0.2, -0.15) is 0 Å². The molecule has 0 saturated heterocycles. The van der Waals surface area contributed by atoms with E-state index in [1.165, 1.54) is 0 Å². The topological polar surface area (TPSA) is 22.1 Å². The molecule has 0 spiro atoms. The molecule has 0 bridgehead atoms. The van der Waals surface area contributed by atoms with Gasteiger partial charge < -0.3 is 4.74 Å². The number of alkyl halides is 1. The standard InChI is InChI=1S/C15H15Cl2NO/c1-2-19-13-5-3-11(4-6-13)14(16)9-12-7-8-18-10-15(12)17/h3-8,10,14H,2,9H2,1H3. The van der Waals surface area contributed by atoms with Crippen molar-refractivity contribution in [2.75, 3.05) is 6.61 Å². The van der Waals surface area contributed by atoms with Crippen LogP contribution in [0.4, 0.5) is 0 Å². The van der Waals surface area contributed by atoms with Crippen LogP contribution >= 0.6 is 23.2 Å². The van der Waals surface area contributed by atoms with Gasteiger partial charge in [-0.3, -0.25) is 4.98 Å². The summed E-state index contributed by atoms with van der Waals surface area (Å²) in [4.78, 5) is 3.97. The summed E-state index contributed by atoms with van der Waals surface area (Å²) in [6.45, 7) is 2.62. The Morgan fingerprint density at radius 3 is 2.58 bits per heavy atom. The van der Waals surface area contributed by atoms with Gasteiger partial charge in [0.25, 0.3) is 0 Å². The molecule has 19 heavy (non-hydrogen) atoms. The summed E-state index contributed by atoms with van der Waals surface area (Å²) in [6.07, 6.45) is 4.04. The van der Waals surface area contributed by atoms with Crippen LogP contribution in [0.3, 0.4) is 0 Å². The number of benzene rings is 1. The number of aromatic nitrogens is 1. The van der Waals surface area contributed by atoms with Crippen molar-refractivity contribution in [1.82, 2.24) is 4.98 Å². The van der Waals surface area contributed by atoms with Crippen molar-refractivity contribution in [3.8, 4) is 5.75 Å². The first kappa shape index (κ1) is 14.2. The fourth-order valence-corrected chi connectivity index (χ4v) is 2.33. The molecule has 0 aliphatic carbocycles. The van der Waals surface area contributed by atoms with Gasteiger partial charge in [0.15, 0.2) is 0 Å². The molecule has 1 atom stereocenters. The van der Waals surface area contributed by atoms with E-state index in [4.69, 9.17) is 27.9 Å². The highest BCUT2D eigenvalue weighted by molar-refractivity contribution is 6.31. The molecule has 1 unspecified atom stereocenters. The zero-order chi connectivity index (χ0) is 13.7. The van der Waals surface area contributed by atoms with Crippen LogP contribution in [0.15, 0.2) is 42.7 Å². The van der Waals surface area contributed by atoms with E-state index in [0.29, 0.717) is 18.1 Å². The van der Waals surface area contributed by atoms with Crippen LogP contribution in [0.5, 0.6) is 5.75 Å². The number of pyridine rings is 1. The summed E-state index contributed by atoms with van der Waals surface area (Å²) >= 11 is 12.5. The molecule has 2 aromatic rings. The third kappa shape index (κ3) is 3.85. The SMILES string of the molecule is CCOc1ccc(C(Cl)Cc2ccncc2Cl)cc1. The summed E-state index contributed by atoms with van der Waals surface area (Å²) in [5, 5.41) is 0.537. The monoisotopic (exact) mass is 295 g/mol. The lowest BCUT2D eigenvalue weighted by Gasteiger charge is -2.12. The summed E-state index contributed by atoms with van der Waals surface area (Å²) in [5.41, 5.74) is 2.06. The molecule has 0 saturated carbocycles. The third-order valence-corrected chi connectivity index (χ3v) is 3.55. The smallest absolute Gasteiger partial charge is 0.119 e. The van der Waals surface area contributed by atoms with Gasteiger partial charge in [0.2, 0.25) is 0 Å². The van der Waals surface area contributed by atoms with Gasteiger partial charge >= 0.3 is 0 Å². The minimum absolute atomic E-state index is 0.115. The quantitative estimate of drug-likeness (QED) is 0.749. The van der Waals surface area contributed by atoms with E-state index in [-0.39, 0.29) is 5.38 Å². The zero-order valence-corrected chi connectivity index (χ0v) is 12.2. The summed E-state index contributed by atoms with van der Waals surface area (Å²) in [5.74, 6) is 0.858. The Labute approximate surface area is 123 Å². The van der Waals surface area contributed by atoms with Crippen LogP contribution in [-0.4, -0.2) is 11.6 Å². The van der Waals surface area contributed by atoms with Crippen LogP contribution in [0.2, 0.25) is 5.02 Å². The molecule has 0 radical (unpaired) electrons. The lowest BCUT2D eigenvalue weighted by atomic mass is 10.0. The molecule has 0 aliphatic heterocycles. The van der Waals surface area contributed by atoms with Gasteiger partial charge in [-0.1, -0.05) is 23.7 Å². The predicted octanol–water partition coefficient (Wildman–Crippen LogP) is 4.66. The van der Waals surface area contributed by atoms with Crippen LogP contribution in [-0.2, 0) is 6.42 Å². The molecule has 4 heteroatoms. The molecule has 1 aromatic carbocycles. The van der Waals surface area contributed by atoms with Gasteiger partial charge in [-0.25, -0.2) is 0 Å². The highest BCUT2D eigenvalue weighted by Gasteiger charge is 2.11. The summed E-state index contributed by atoms with van der Waals surface area (Å²) in [6, 6.07) is 9.73. The Balaban J connectivity index is 2.07. The van der Waals surface area contributed by atoms with Crippen molar-refractivity contribution in [1.29, 1.82) is 0 Å². The molecule has 1 aromatic heterocycles. The first-order valence-electron chi connectivity index (χ1n) is 6.16. The van der Waals surface area contributed by atoms with Crippen molar-refractivity contribution >= 4 is 23.2 Å². The maximum absolute atomic E-state index is 6.42. The largest absolute Gasteiger partial charge is 0.494 e. The van der Waals surface area contributed by atoms with E-state index < -0.39 is 0 Å². The van der Waals surface area contributed by atoms with Crippen molar-refractivity contribution < 1.29 is 4.74 Å². The lowest BCUT2D eigenvalue weighted by Crippen LogP contribution is -1.98. The van der Waals surface area contributed by atoms with Crippen molar-refractivity contribution in [2.24, 2.45) is 0 Å². The van der Waals surface area contributed by atoms with Crippen molar-refractivity contribution in [3.63, 3.8) is 0 Å². The number of rotatable bonds is 5. The highest BCUT2D eigenvalue weighted by Crippen LogP contribution is 2.28. The number of ether oxygens (including phenoxy) is 1. The molecule has 0 fully saturated rings. The second kappa shape index (κ2) is 6.78. The average Bonchev–Trinajstić information content (AvgIpc) is 2.42. The second-order valence-electron chi connectivity index (χ2n) is 4.14. The molecular formula is C15H15Cl2NO. The van der Waals surface area contributed by atoms with Gasteiger partial charge in [0.05, 0.1) is 17.0 Å². The zero-order valence-electron chi connectivity index (χ0n) is 10.6. The number of hydrogen-bond donors (Lipinski definition) is 0. The lowest BCUT2D eigenvalue weighted by molar-refractivity contribution is 0.340. The maximum atomic E-state index is 6.42. The van der Waals surface area contributed by atoms with Gasteiger partial charge in [-0.15, -0.1) is 11.6 Å². The molecular weight excluding hydrogens is 281 g/mol. The number of hydrogen-bond acceptors (Lipinski definition) is 2. The maximum Gasteiger partial charge on any atom is 0.119 e. The molecule has 2 nitrogen and oxygen atoms in total. The second-order valence-corrected chi connectivity index (χ2v) is 5.07. The summed E-state index contributed by atoms with van der Waals surface area (Å²) in [7, 11) is 0. The van der Waals surface area contributed by atoms with Crippen LogP contribution < -0.4 is 4.74 Å². The first-order chi connectivity index (χ1) is 9.20. The Morgan fingerprint density at radius 2 is 1.95 bits per heavy atom. The molecule has 0 N–H and O–H groups in total. The third-order valence-electron chi connectivity index (χ3n) is 2.81. The van der Waals surface area contributed by atoms with Crippen molar-refractivity contribution in [2.45, 2.75) is 18.7 Å². The van der Waals surface area contributed by atoms with E-state index in [9.17, 15) is 0 Å². The molecule has 2 rings (SSSR count). The predicted molar refractivity (Wildman–Crippen MR) is 79.2 cm³/mol. The molecule has 100 valence electrons. The van der Waals surface area contributed by atoms with Crippen LogP contribution in [0.25, 0.3) is 0 Å². The minimum atomic E-state index is -0.115. The van der Waals surface area contributed by atoms with E-state index in [1.54, 1.807) is 12.4 Å². The Kier molecular flexibility index (Phi) is 5.06. The van der Waals surface area contributed by atoms with Gasteiger partial charge in [0.1, 0.15) is 5.75 Å². The summed E-state index contributed by atoms with van der Waals surface area (Å²) < 4.78 is 5.41. The average molecular weight is 296 g/mol. The molecule has 1 heterocycles. The Hall–Kier alpha value is -1.25. The number of nitrogens with zero attached hydrogens (tertiary/aromatic N) is 1. The van der Waals surface area contributed by atoms with Crippen molar-refractivity contribution in [3.05, 3.63) is 58.9 Å². The number of halogens is 2. The fourth-order valence-electron chi connectivity index (χ4n) is 1.82. The van der Waals surface area contributed by atoms with E-state index in [0.717, 1.165) is 16.9 Å². The molecule has 0 amide bonds. The van der Waals surface area contributed by atoms with E-state index >= 15 is 0 Å². The van der Waals surface area contributed by atoms with Crippen LogP contribution in [0, 0.1) is 0 Å². The van der Waals surface area contributed by atoms with E-state index in [1.807, 2.05) is 37.3 Å². The first-order valence-corrected chi connectivity index (χ1v) is 6.97. The van der Waals surface area contributed by atoms with Gasteiger partial charge in [-0.05, 0) is 42.7 Å². The fraction of sp³-hybridized carbons (Fsp3) is 0.267. The Bertz CT molecular complexity index is 528. The molecule has 0 aliphatic rings. The van der Waals surface area contributed by atoms with Crippen LogP contribution in [0.1, 0.15) is 23.4 Å². The Morgan fingerprint density at radius 1 is 1.21 bits per heavy atom. The highest BCUT2D eigenvalue weighted by atomic mass is 35.5. The minimum Gasteiger partial charge on any atom is -0.494 e. The normalized spacial score (nSPS) is 12.2. The van der Waals surface area contributed by atoms with E-state index in [2.05, 4.69) is 4.98 Å². The van der Waals surface area contributed by atoms with Gasteiger partial charge in [0, 0.05) is 12.4 Å².